The highest BCUT2D eigenvalue weighted by atomic mass is 19.3. The summed E-state index contributed by atoms with van der Waals surface area (Å²) in [7, 11) is 0. The fourth-order valence-electron chi connectivity index (χ4n) is 3.53. The Morgan fingerprint density at radius 1 is 1.14 bits per heavy atom. The molecule has 0 saturated carbocycles. The molecule has 6 nitrogen and oxygen atoms in total. The Morgan fingerprint density at radius 2 is 1.90 bits per heavy atom. The Balaban J connectivity index is 1.44. The van der Waals surface area contributed by atoms with Crippen LogP contribution in [-0.2, 0) is 0 Å². The minimum atomic E-state index is -2.88. The first-order valence-electron chi connectivity index (χ1n) is 9.29. The zero-order valence-electron chi connectivity index (χ0n) is 15.5. The highest BCUT2D eigenvalue weighted by Gasteiger charge is 2.27. The van der Waals surface area contributed by atoms with Crippen molar-refractivity contribution < 1.29 is 18.3 Å². The third-order valence-corrected chi connectivity index (χ3v) is 4.85. The Kier molecular flexibility index (Phi) is 5.41. The Labute approximate surface area is 166 Å². The molecule has 0 radical (unpaired) electrons. The van der Waals surface area contributed by atoms with Crippen molar-refractivity contribution in [3.8, 4) is 11.4 Å². The summed E-state index contributed by atoms with van der Waals surface area (Å²) in [6, 6.07) is 16.1. The van der Waals surface area contributed by atoms with Gasteiger partial charge in [-0.2, -0.15) is 8.78 Å². The van der Waals surface area contributed by atoms with Gasteiger partial charge in [0.15, 0.2) is 0 Å². The number of para-hydroxylation sites is 3. The zero-order valence-corrected chi connectivity index (χ0v) is 15.5. The predicted molar refractivity (Wildman–Crippen MR) is 105 cm³/mol. The van der Waals surface area contributed by atoms with Crippen molar-refractivity contribution in [3.63, 3.8) is 0 Å². The number of nitrogens with zero attached hydrogens (tertiary/aromatic N) is 3. The van der Waals surface area contributed by atoms with E-state index < -0.39 is 6.61 Å². The number of anilines is 1. The largest absolute Gasteiger partial charge is 0.433 e. The van der Waals surface area contributed by atoms with Gasteiger partial charge in [-0.05, 0) is 30.7 Å². The van der Waals surface area contributed by atoms with E-state index in [9.17, 15) is 13.6 Å². The number of imidazole rings is 1. The van der Waals surface area contributed by atoms with Crippen LogP contribution < -0.4 is 15.0 Å². The van der Waals surface area contributed by atoms with E-state index in [0.29, 0.717) is 30.9 Å². The lowest BCUT2D eigenvalue weighted by atomic mass is 10.2. The maximum absolute atomic E-state index is 12.8. The van der Waals surface area contributed by atoms with Crippen LogP contribution >= 0.6 is 0 Å². The number of halogens is 2. The van der Waals surface area contributed by atoms with E-state index in [1.165, 1.54) is 12.3 Å². The summed E-state index contributed by atoms with van der Waals surface area (Å²) in [5, 5.41) is 3.02. The van der Waals surface area contributed by atoms with Crippen LogP contribution in [0.1, 0.15) is 16.9 Å². The molecule has 1 fully saturated rings. The maximum atomic E-state index is 12.8. The van der Waals surface area contributed by atoms with Crippen LogP contribution in [-0.4, -0.2) is 41.2 Å². The first-order valence-corrected chi connectivity index (χ1v) is 9.29. The molecule has 1 aliphatic rings. The third-order valence-electron chi connectivity index (χ3n) is 4.85. The summed E-state index contributed by atoms with van der Waals surface area (Å²) in [6.45, 7) is -1.74. The molecule has 1 unspecified atom stereocenters. The van der Waals surface area contributed by atoms with Gasteiger partial charge < -0.3 is 15.0 Å². The van der Waals surface area contributed by atoms with Crippen molar-refractivity contribution in [2.75, 3.05) is 18.0 Å². The number of ether oxygens (including phenoxy) is 1. The summed E-state index contributed by atoms with van der Waals surface area (Å²) < 4.78 is 31.7. The number of alkyl halides is 2. The highest BCUT2D eigenvalue weighted by Crippen LogP contribution is 2.31. The lowest BCUT2D eigenvalue weighted by molar-refractivity contribution is -0.0495. The van der Waals surface area contributed by atoms with Crippen LogP contribution in [0.2, 0.25) is 0 Å². The number of carbonyl (C=O) groups excluding carboxylic acids is 1. The minimum Gasteiger partial charge on any atom is -0.433 e. The molecule has 0 aliphatic carbocycles. The Bertz CT molecular complexity index is 978. The summed E-state index contributed by atoms with van der Waals surface area (Å²) in [5.74, 6) is -0.0908. The van der Waals surface area contributed by atoms with Crippen molar-refractivity contribution >= 4 is 11.6 Å². The SMILES string of the molecule is O=C(NC1CCN(c2ccccc2OC(F)F)C1)c1cncn1-c1ccccc1. The second-order valence-electron chi connectivity index (χ2n) is 6.74. The molecule has 2 aromatic carbocycles. The van der Waals surface area contributed by atoms with Crippen LogP contribution in [0.3, 0.4) is 0 Å². The number of amides is 1. The molecule has 2 heterocycles. The predicted octanol–water partition coefficient (Wildman–Crippen LogP) is 3.48. The molecule has 29 heavy (non-hydrogen) atoms. The average Bonchev–Trinajstić information content (AvgIpc) is 3.38. The van der Waals surface area contributed by atoms with Crippen LogP contribution in [0.15, 0.2) is 67.1 Å². The molecule has 1 aromatic heterocycles. The number of nitrogens with one attached hydrogen (secondary N) is 1. The van der Waals surface area contributed by atoms with Gasteiger partial charge in [0.2, 0.25) is 0 Å². The highest BCUT2D eigenvalue weighted by molar-refractivity contribution is 5.93. The lowest BCUT2D eigenvalue weighted by Gasteiger charge is -2.22. The van der Waals surface area contributed by atoms with Gasteiger partial charge in [-0.15, -0.1) is 0 Å². The molecule has 1 amide bonds. The van der Waals surface area contributed by atoms with E-state index in [1.807, 2.05) is 35.2 Å². The van der Waals surface area contributed by atoms with Gasteiger partial charge >= 0.3 is 6.61 Å². The van der Waals surface area contributed by atoms with Crippen LogP contribution in [0.4, 0.5) is 14.5 Å². The quantitative estimate of drug-likeness (QED) is 0.691. The number of carbonyl (C=O) groups is 1. The standard InChI is InChI=1S/C21H20F2N4O2/c22-21(23)29-19-9-5-4-8-17(19)26-11-10-15(13-26)25-20(28)18-12-24-14-27(18)16-6-2-1-3-7-16/h1-9,12,14-15,21H,10-11,13H2,(H,25,28). The molecular weight excluding hydrogens is 378 g/mol. The van der Waals surface area contributed by atoms with Crippen LogP contribution in [0, 0.1) is 0 Å². The molecule has 0 spiro atoms. The number of rotatable bonds is 6. The maximum Gasteiger partial charge on any atom is 0.387 e. The zero-order chi connectivity index (χ0) is 20.2. The first kappa shape index (κ1) is 18.9. The van der Waals surface area contributed by atoms with Gasteiger partial charge in [0.05, 0.1) is 18.2 Å². The van der Waals surface area contributed by atoms with Crippen LogP contribution in [0.5, 0.6) is 5.75 Å². The topological polar surface area (TPSA) is 59.4 Å². The lowest BCUT2D eigenvalue weighted by Crippen LogP contribution is -2.38. The molecular formula is C21H20F2N4O2. The molecule has 8 heteroatoms. The van der Waals surface area contributed by atoms with E-state index in [4.69, 9.17) is 0 Å². The van der Waals surface area contributed by atoms with Gasteiger partial charge in [0.1, 0.15) is 11.4 Å². The fraction of sp³-hybridized carbons (Fsp3) is 0.238. The molecule has 3 aromatic rings. The molecule has 1 atom stereocenters. The summed E-state index contributed by atoms with van der Waals surface area (Å²) in [4.78, 5) is 18.8. The number of hydrogen-bond donors (Lipinski definition) is 1. The third kappa shape index (κ3) is 4.21. The molecule has 4 rings (SSSR count). The second-order valence-corrected chi connectivity index (χ2v) is 6.74. The van der Waals surface area contributed by atoms with Crippen molar-refractivity contribution in [2.24, 2.45) is 0 Å². The van der Waals surface area contributed by atoms with E-state index in [1.54, 1.807) is 29.1 Å². The van der Waals surface area contributed by atoms with Gasteiger partial charge in [-0.25, -0.2) is 4.98 Å². The van der Waals surface area contributed by atoms with Crippen LogP contribution in [0.25, 0.3) is 5.69 Å². The smallest absolute Gasteiger partial charge is 0.387 e. The summed E-state index contributed by atoms with van der Waals surface area (Å²) >= 11 is 0. The van der Waals surface area contributed by atoms with Crippen molar-refractivity contribution in [2.45, 2.75) is 19.1 Å². The number of aromatic nitrogens is 2. The van der Waals surface area contributed by atoms with Crippen molar-refractivity contribution in [1.82, 2.24) is 14.9 Å². The van der Waals surface area contributed by atoms with Crippen molar-refractivity contribution in [1.29, 1.82) is 0 Å². The first-order chi connectivity index (χ1) is 14.1. The van der Waals surface area contributed by atoms with E-state index in [0.717, 1.165) is 5.69 Å². The van der Waals surface area contributed by atoms with Gasteiger partial charge in [0, 0.05) is 24.8 Å². The minimum absolute atomic E-state index is 0.110. The average molecular weight is 398 g/mol. The van der Waals surface area contributed by atoms with Crippen molar-refractivity contribution in [3.05, 3.63) is 72.8 Å². The van der Waals surface area contributed by atoms with E-state index in [2.05, 4.69) is 15.0 Å². The molecule has 1 aliphatic heterocycles. The molecule has 1 N–H and O–H groups in total. The fourth-order valence-corrected chi connectivity index (χ4v) is 3.53. The van der Waals surface area contributed by atoms with Gasteiger partial charge in [0.25, 0.3) is 5.91 Å². The molecule has 0 bridgehead atoms. The normalized spacial score (nSPS) is 16.2. The van der Waals surface area contributed by atoms with Gasteiger partial charge in [-0.1, -0.05) is 30.3 Å². The van der Waals surface area contributed by atoms with E-state index in [-0.39, 0.29) is 17.7 Å². The molecule has 150 valence electrons. The summed E-state index contributed by atoms with van der Waals surface area (Å²) in [5.41, 5.74) is 1.89. The van der Waals surface area contributed by atoms with E-state index >= 15 is 0 Å². The Morgan fingerprint density at radius 3 is 2.69 bits per heavy atom. The van der Waals surface area contributed by atoms with Gasteiger partial charge in [-0.3, -0.25) is 9.36 Å². The molecule has 1 saturated heterocycles. The Hall–Kier alpha value is -3.42. The summed E-state index contributed by atoms with van der Waals surface area (Å²) in [6.07, 6.45) is 3.83. The number of hydrogen-bond acceptors (Lipinski definition) is 4. The number of benzene rings is 2. The second kappa shape index (κ2) is 8.30. The monoisotopic (exact) mass is 398 g/mol.